The van der Waals surface area contributed by atoms with Gasteiger partial charge in [0.15, 0.2) is 0 Å². The van der Waals surface area contributed by atoms with E-state index >= 15 is 0 Å². The molecular weight excluding hydrogens is 325 g/mol. The van der Waals surface area contributed by atoms with Crippen LogP contribution in [0.5, 0.6) is 5.75 Å². The molecule has 0 aromatic heterocycles. The van der Waals surface area contributed by atoms with Crippen LogP contribution < -0.4 is 5.73 Å². The number of aliphatic hydroxyl groups excluding tert-OH is 1. The summed E-state index contributed by atoms with van der Waals surface area (Å²) in [4.78, 5) is 11.2. The van der Waals surface area contributed by atoms with E-state index in [0.717, 1.165) is 5.56 Å². The first-order valence-corrected chi connectivity index (χ1v) is 7.39. The van der Waals surface area contributed by atoms with Gasteiger partial charge >= 0.3 is 0 Å². The van der Waals surface area contributed by atoms with E-state index in [-0.39, 0.29) is 21.4 Å². The minimum atomic E-state index is -0.722. The molecule has 0 aliphatic rings. The van der Waals surface area contributed by atoms with E-state index in [2.05, 4.69) is 0 Å². The number of rotatable bonds is 5. The van der Waals surface area contributed by atoms with Crippen LogP contribution in [-0.2, 0) is 6.42 Å². The summed E-state index contributed by atoms with van der Waals surface area (Å²) in [5.74, 6) is -0.574. The minimum absolute atomic E-state index is 0.0978. The molecule has 2 aromatic rings. The topological polar surface area (TPSA) is 83.6 Å². The number of carbonyl (C=O) groups excluding carboxylic acids is 1. The van der Waals surface area contributed by atoms with Crippen molar-refractivity contribution in [3.8, 4) is 5.75 Å². The second-order valence-corrected chi connectivity index (χ2v) is 5.76. The summed E-state index contributed by atoms with van der Waals surface area (Å²) in [6.07, 6.45) is 0.210. The van der Waals surface area contributed by atoms with Crippen LogP contribution in [0, 0.1) is 0 Å². The van der Waals surface area contributed by atoms with Crippen molar-refractivity contribution in [2.75, 3.05) is 0 Å². The Morgan fingerprint density at radius 1 is 1.18 bits per heavy atom. The number of primary amides is 1. The van der Waals surface area contributed by atoms with Crippen LogP contribution in [0.4, 0.5) is 0 Å². The van der Waals surface area contributed by atoms with Gasteiger partial charge in [-0.15, -0.1) is 0 Å². The van der Waals surface area contributed by atoms with Crippen molar-refractivity contribution >= 4 is 29.1 Å². The Balaban J connectivity index is 2.10. The molecule has 2 rings (SSSR count). The standard InChI is InChI=1S/C16H15Cl2NO3/c17-12-6-9(7-13(18)15(12)16(19)22)4-5-14(21)10-2-1-3-11(20)8-10/h1-3,6-8,14,20-21H,4-5H2,(H2,19,22). The summed E-state index contributed by atoms with van der Waals surface area (Å²) in [6.45, 7) is 0. The van der Waals surface area contributed by atoms with Gasteiger partial charge in [-0.05, 0) is 48.2 Å². The van der Waals surface area contributed by atoms with Gasteiger partial charge < -0.3 is 15.9 Å². The average Bonchev–Trinajstić information content (AvgIpc) is 2.43. The third-order valence-corrected chi connectivity index (χ3v) is 3.91. The molecule has 4 nitrogen and oxygen atoms in total. The molecule has 0 saturated carbocycles. The lowest BCUT2D eigenvalue weighted by Crippen LogP contribution is -2.12. The first-order valence-electron chi connectivity index (χ1n) is 6.63. The maximum absolute atomic E-state index is 11.2. The van der Waals surface area contributed by atoms with Gasteiger partial charge in [0.1, 0.15) is 5.75 Å². The van der Waals surface area contributed by atoms with E-state index < -0.39 is 12.0 Å². The highest BCUT2D eigenvalue weighted by Gasteiger charge is 2.14. The van der Waals surface area contributed by atoms with E-state index in [0.29, 0.717) is 18.4 Å². The number of phenolic OH excluding ortho intramolecular Hbond substituents is 1. The predicted octanol–water partition coefficient (Wildman–Crippen LogP) is 3.46. The van der Waals surface area contributed by atoms with Gasteiger partial charge in [-0.1, -0.05) is 35.3 Å². The van der Waals surface area contributed by atoms with Crippen LogP contribution in [0.15, 0.2) is 36.4 Å². The van der Waals surface area contributed by atoms with Crippen molar-refractivity contribution in [1.82, 2.24) is 0 Å². The number of aryl methyl sites for hydroxylation is 1. The number of phenols is 1. The molecule has 1 atom stereocenters. The molecule has 4 N–H and O–H groups in total. The van der Waals surface area contributed by atoms with Crippen molar-refractivity contribution in [2.24, 2.45) is 5.73 Å². The Morgan fingerprint density at radius 2 is 1.82 bits per heavy atom. The van der Waals surface area contributed by atoms with Gasteiger partial charge in [-0.3, -0.25) is 4.79 Å². The zero-order chi connectivity index (χ0) is 16.3. The molecule has 0 aliphatic carbocycles. The second-order valence-electron chi connectivity index (χ2n) is 4.95. The Labute approximate surface area is 138 Å². The maximum Gasteiger partial charge on any atom is 0.251 e. The van der Waals surface area contributed by atoms with Gasteiger partial charge in [0, 0.05) is 0 Å². The Hall–Kier alpha value is -1.75. The van der Waals surface area contributed by atoms with Crippen molar-refractivity contribution in [2.45, 2.75) is 18.9 Å². The number of hydrogen-bond acceptors (Lipinski definition) is 3. The smallest absolute Gasteiger partial charge is 0.251 e. The van der Waals surface area contributed by atoms with E-state index in [9.17, 15) is 15.0 Å². The number of nitrogens with two attached hydrogens (primary N) is 1. The Morgan fingerprint density at radius 3 is 2.36 bits per heavy atom. The van der Waals surface area contributed by atoms with Crippen LogP contribution in [0.1, 0.15) is 34.0 Å². The molecule has 6 heteroatoms. The number of amides is 1. The molecule has 0 radical (unpaired) electrons. The normalized spacial score (nSPS) is 12.1. The highest BCUT2D eigenvalue weighted by atomic mass is 35.5. The SMILES string of the molecule is NC(=O)c1c(Cl)cc(CCC(O)c2cccc(O)c2)cc1Cl. The van der Waals surface area contributed by atoms with Gasteiger partial charge in [0.25, 0.3) is 5.91 Å². The molecule has 2 aromatic carbocycles. The van der Waals surface area contributed by atoms with Gasteiger partial charge in [-0.2, -0.15) is 0 Å². The monoisotopic (exact) mass is 339 g/mol. The fourth-order valence-corrected chi connectivity index (χ4v) is 2.93. The van der Waals surface area contributed by atoms with E-state index in [4.69, 9.17) is 28.9 Å². The molecule has 1 unspecified atom stereocenters. The van der Waals surface area contributed by atoms with E-state index in [1.807, 2.05) is 0 Å². The molecule has 0 spiro atoms. The van der Waals surface area contributed by atoms with Gasteiger partial charge in [-0.25, -0.2) is 0 Å². The molecule has 0 heterocycles. The van der Waals surface area contributed by atoms with Gasteiger partial charge in [0.05, 0.1) is 21.7 Å². The molecular formula is C16H15Cl2NO3. The third kappa shape index (κ3) is 3.91. The summed E-state index contributed by atoms with van der Waals surface area (Å²) in [6, 6.07) is 9.69. The van der Waals surface area contributed by atoms with Crippen molar-refractivity contribution < 1.29 is 15.0 Å². The van der Waals surface area contributed by atoms with Crippen LogP contribution in [0.25, 0.3) is 0 Å². The molecule has 0 fully saturated rings. The molecule has 0 saturated heterocycles. The number of hydrogen-bond donors (Lipinski definition) is 3. The first kappa shape index (κ1) is 16.6. The largest absolute Gasteiger partial charge is 0.508 e. The number of aliphatic hydroxyl groups is 1. The summed E-state index contributed by atoms with van der Waals surface area (Å²) < 4.78 is 0. The summed E-state index contributed by atoms with van der Waals surface area (Å²) in [5, 5.41) is 19.9. The highest BCUT2D eigenvalue weighted by molar-refractivity contribution is 6.39. The fraction of sp³-hybridized carbons (Fsp3) is 0.188. The third-order valence-electron chi connectivity index (χ3n) is 3.31. The van der Waals surface area contributed by atoms with Crippen molar-refractivity contribution in [1.29, 1.82) is 0 Å². The van der Waals surface area contributed by atoms with Crippen LogP contribution in [0.2, 0.25) is 10.0 Å². The van der Waals surface area contributed by atoms with Gasteiger partial charge in [0.2, 0.25) is 0 Å². The fourth-order valence-electron chi connectivity index (χ4n) is 2.21. The van der Waals surface area contributed by atoms with Crippen molar-refractivity contribution in [3.05, 3.63) is 63.1 Å². The second kappa shape index (κ2) is 7.01. The van der Waals surface area contributed by atoms with E-state index in [1.54, 1.807) is 30.3 Å². The Kier molecular flexibility index (Phi) is 5.29. The minimum Gasteiger partial charge on any atom is -0.508 e. The van der Waals surface area contributed by atoms with Crippen LogP contribution in [0.3, 0.4) is 0 Å². The molecule has 22 heavy (non-hydrogen) atoms. The Bertz CT molecular complexity index is 681. The number of aromatic hydroxyl groups is 1. The lowest BCUT2D eigenvalue weighted by Gasteiger charge is -2.12. The zero-order valence-electron chi connectivity index (χ0n) is 11.6. The maximum atomic E-state index is 11.2. The molecule has 0 bridgehead atoms. The molecule has 116 valence electrons. The first-order chi connectivity index (χ1) is 10.4. The predicted molar refractivity (Wildman–Crippen MR) is 86.4 cm³/mol. The van der Waals surface area contributed by atoms with Crippen LogP contribution in [-0.4, -0.2) is 16.1 Å². The number of halogens is 2. The summed E-state index contributed by atoms with van der Waals surface area (Å²) in [5.41, 5.74) is 6.73. The average molecular weight is 340 g/mol. The lowest BCUT2D eigenvalue weighted by atomic mass is 10.0. The molecule has 0 aliphatic heterocycles. The molecule has 1 amide bonds. The number of benzene rings is 2. The summed E-state index contributed by atoms with van der Waals surface area (Å²) in [7, 11) is 0. The zero-order valence-corrected chi connectivity index (χ0v) is 13.1. The van der Waals surface area contributed by atoms with Crippen LogP contribution >= 0.6 is 23.2 Å². The summed E-state index contributed by atoms with van der Waals surface area (Å²) >= 11 is 12.0. The quantitative estimate of drug-likeness (QED) is 0.779. The highest BCUT2D eigenvalue weighted by Crippen LogP contribution is 2.28. The van der Waals surface area contributed by atoms with Crippen molar-refractivity contribution in [3.63, 3.8) is 0 Å². The van der Waals surface area contributed by atoms with E-state index in [1.165, 1.54) is 6.07 Å². The lowest BCUT2D eigenvalue weighted by molar-refractivity contribution is 0.100. The number of carbonyl (C=O) groups is 1.